The van der Waals surface area contributed by atoms with E-state index in [2.05, 4.69) is 15.5 Å². The lowest BCUT2D eigenvalue weighted by atomic mass is 9.91. The summed E-state index contributed by atoms with van der Waals surface area (Å²) in [4.78, 5) is 16.8. The second-order valence-electron chi connectivity index (χ2n) is 5.24. The zero-order chi connectivity index (χ0) is 16.6. The Labute approximate surface area is 140 Å². The van der Waals surface area contributed by atoms with Crippen molar-refractivity contribution in [3.8, 4) is 0 Å². The molecule has 0 aliphatic rings. The minimum Gasteiger partial charge on any atom is -0.272 e. The Kier molecular flexibility index (Phi) is 5.10. The molecule has 0 saturated heterocycles. The summed E-state index contributed by atoms with van der Waals surface area (Å²) in [6.07, 6.45) is 3.21. The standard InChI is InChI=1S/C20H17N3O/c24-20(23-22-15-18-13-7-8-14-21-18)19(16-9-3-1-4-10-16)17-11-5-2-6-12-17/h1-15,19H,(H,23,24). The van der Waals surface area contributed by atoms with Gasteiger partial charge in [-0.25, -0.2) is 5.43 Å². The predicted octanol–water partition coefficient (Wildman–Crippen LogP) is 3.36. The molecule has 118 valence electrons. The Bertz CT molecular complexity index is 763. The first-order valence-corrected chi connectivity index (χ1v) is 7.68. The second kappa shape index (κ2) is 7.83. The maximum atomic E-state index is 12.7. The minimum atomic E-state index is -0.409. The smallest absolute Gasteiger partial charge is 0.252 e. The van der Waals surface area contributed by atoms with Crippen molar-refractivity contribution in [2.24, 2.45) is 5.10 Å². The first kappa shape index (κ1) is 15.6. The van der Waals surface area contributed by atoms with Crippen LogP contribution in [0.3, 0.4) is 0 Å². The van der Waals surface area contributed by atoms with Gasteiger partial charge in [0.2, 0.25) is 0 Å². The maximum absolute atomic E-state index is 12.7. The summed E-state index contributed by atoms with van der Waals surface area (Å²) in [5.41, 5.74) is 5.16. The lowest BCUT2D eigenvalue weighted by Crippen LogP contribution is -2.26. The van der Waals surface area contributed by atoms with E-state index in [0.29, 0.717) is 5.69 Å². The number of carbonyl (C=O) groups excluding carboxylic acids is 1. The van der Waals surface area contributed by atoms with Crippen LogP contribution in [0.4, 0.5) is 0 Å². The van der Waals surface area contributed by atoms with Crippen LogP contribution >= 0.6 is 0 Å². The van der Waals surface area contributed by atoms with Crippen LogP contribution in [-0.2, 0) is 4.79 Å². The molecule has 0 atom stereocenters. The Morgan fingerprint density at radius 3 is 2.00 bits per heavy atom. The van der Waals surface area contributed by atoms with Crippen LogP contribution in [0.5, 0.6) is 0 Å². The molecule has 0 spiro atoms. The molecule has 1 N–H and O–H groups in total. The van der Waals surface area contributed by atoms with Crippen LogP contribution in [-0.4, -0.2) is 17.1 Å². The maximum Gasteiger partial charge on any atom is 0.252 e. The third-order valence-electron chi connectivity index (χ3n) is 3.59. The van der Waals surface area contributed by atoms with E-state index in [1.807, 2.05) is 78.9 Å². The van der Waals surface area contributed by atoms with Crippen molar-refractivity contribution in [3.63, 3.8) is 0 Å². The predicted molar refractivity (Wildman–Crippen MR) is 94.7 cm³/mol. The van der Waals surface area contributed by atoms with Crippen molar-refractivity contribution in [2.75, 3.05) is 0 Å². The molecule has 0 aliphatic heterocycles. The van der Waals surface area contributed by atoms with Gasteiger partial charge in [0.15, 0.2) is 0 Å². The summed E-state index contributed by atoms with van der Waals surface area (Å²) >= 11 is 0. The molecule has 0 bridgehead atoms. The molecule has 3 aromatic rings. The largest absolute Gasteiger partial charge is 0.272 e. The number of nitrogens with zero attached hydrogens (tertiary/aromatic N) is 2. The van der Waals surface area contributed by atoms with Crippen LogP contribution in [0.15, 0.2) is 90.2 Å². The monoisotopic (exact) mass is 315 g/mol. The average Bonchev–Trinajstić information content (AvgIpc) is 2.65. The van der Waals surface area contributed by atoms with Gasteiger partial charge in [-0.05, 0) is 23.3 Å². The number of benzene rings is 2. The van der Waals surface area contributed by atoms with Crippen LogP contribution < -0.4 is 5.43 Å². The van der Waals surface area contributed by atoms with Crippen LogP contribution in [0.1, 0.15) is 22.7 Å². The minimum absolute atomic E-state index is 0.181. The molecule has 0 unspecified atom stereocenters. The molecule has 1 heterocycles. The van der Waals surface area contributed by atoms with Gasteiger partial charge in [-0.2, -0.15) is 5.10 Å². The fraction of sp³-hybridized carbons (Fsp3) is 0.0500. The van der Waals surface area contributed by atoms with E-state index in [1.54, 1.807) is 6.20 Å². The SMILES string of the molecule is O=C(NN=Cc1ccccn1)C(c1ccccc1)c1ccccc1. The van der Waals surface area contributed by atoms with Gasteiger partial charge < -0.3 is 0 Å². The molecule has 1 amide bonds. The highest BCUT2D eigenvalue weighted by atomic mass is 16.2. The second-order valence-corrected chi connectivity index (χ2v) is 5.24. The van der Waals surface area contributed by atoms with Gasteiger partial charge in [0.1, 0.15) is 0 Å². The van der Waals surface area contributed by atoms with E-state index in [9.17, 15) is 4.79 Å². The van der Waals surface area contributed by atoms with Gasteiger partial charge in [-0.15, -0.1) is 0 Å². The Hall–Kier alpha value is -3.27. The van der Waals surface area contributed by atoms with E-state index in [1.165, 1.54) is 6.21 Å². The molecule has 24 heavy (non-hydrogen) atoms. The van der Waals surface area contributed by atoms with Crippen molar-refractivity contribution in [2.45, 2.75) is 5.92 Å². The number of amides is 1. The molecule has 3 rings (SSSR count). The molecular weight excluding hydrogens is 298 g/mol. The molecule has 1 aromatic heterocycles. The zero-order valence-corrected chi connectivity index (χ0v) is 13.0. The van der Waals surface area contributed by atoms with Crippen molar-refractivity contribution in [3.05, 3.63) is 102 Å². The van der Waals surface area contributed by atoms with Gasteiger partial charge in [0.25, 0.3) is 5.91 Å². The summed E-state index contributed by atoms with van der Waals surface area (Å²) in [6, 6.07) is 24.9. The van der Waals surface area contributed by atoms with Crippen LogP contribution in [0.2, 0.25) is 0 Å². The molecule has 0 aliphatic carbocycles. The van der Waals surface area contributed by atoms with E-state index < -0.39 is 5.92 Å². The first-order valence-electron chi connectivity index (χ1n) is 7.68. The number of hydrogen-bond acceptors (Lipinski definition) is 3. The highest BCUT2D eigenvalue weighted by Gasteiger charge is 2.22. The highest BCUT2D eigenvalue weighted by molar-refractivity contribution is 5.88. The lowest BCUT2D eigenvalue weighted by molar-refractivity contribution is -0.121. The Morgan fingerprint density at radius 2 is 1.46 bits per heavy atom. The van der Waals surface area contributed by atoms with E-state index >= 15 is 0 Å². The molecule has 4 heteroatoms. The van der Waals surface area contributed by atoms with Crippen molar-refractivity contribution in [1.29, 1.82) is 0 Å². The molecule has 4 nitrogen and oxygen atoms in total. The summed E-state index contributed by atoms with van der Waals surface area (Å²) in [5.74, 6) is -0.590. The van der Waals surface area contributed by atoms with Crippen LogP contribution in [0, 0.1) is 0 Å². The van der Waals surface area contributed by atoms with Crippen LogP contribution in [0.25, 0.3) is 0 Å². The van der Waals surface area contributed by atoms with Gasteiger partial charge in [0, 0.05) is 6.20 Å². The number of aromatic nitrogens is 1. The summed E-state index contributed by atoms with van der Waals surface area (Å²) in [7, 11) is 0. The number of nitrogens with one attached hydrogen (secondary N) is 1. The van der Waals surface area contributed by atoms with Gasteiger partial charge in [-0.1, -0.05) is 66.7 Å². The number of pyridine rings is 1. The van der Waals surface area contributed by atoms with Gasteiger partial charge in [0.05, 0.1) is 17.8 Å². The topological polar surface area (TPSA) is 54.4 Å². The van der Waals surface area contributed by atoms with Gasteiger partial charge >= 0.3 is 0 Å². The van der Waals surface area contributed by atoms with Gasteiger partial charge in [-0.3, -0.25) is 9.78 Å². The number of hydrazone groups is 1. The molecule has 0 radical (unpaired) electrons. The fourth-order valence-electron chi connectivity index (χ4n) is 2.47. The molecule has 0 saturated carbocycles. The highest BCUT2D eigenvalue weighted by Crippen LogP contribution is 2.24. The quantitative estimate of drug-likeness (QED) is 0.580. The Morgan fingerprint density at radius 1 is 0.875 bits per heavy atom. The van der Waals surface area contributed by atoms with Crippen molar-refractivity contribution < 1.29 is 4.79 Å². The third-order valence-corrected chi connectivity index (χ3v) is 3.59. The summed E-state index contributed by atoms with van der Waals surface area (Å²) in [6.45, 7) is 0. The van der Waals surface area contributed by atoms with Crippen molar-refractivity contribution in [1.82, 2.24) is 10.4 Å². The average molecular weight is 315 g/mol. The lowest BCUT2D eigenvalue weighted by Gasteiger charge is -2.16. The summed E-state index contributed by atoms with van der Waals surface area (Å²) < 4.78 is 0. The normalized spacial score (nSPS) is 10.9. The number of hydrogen-bond donors (Lipinski definition) is 1. The number of carbonyl (C=O) groups is 1. The zero-order valence-electron chi connectivity index (χ0n) is 13.0. The molecule has 2 aromatic carbocycles. The van der Waals surface area contributed by atoms with E-state index in [4.69, 9.17) is 0 Å². The third kappa shape index (κ3) is 3.93. The van der Waals surface area contributed by atoms with E-state index in [0.717, 1.165) is 11.1 Å². The van der Waals surface area contributed by atoms with E-state index in [-0.39, 0.29) is 5.91 Å². The first-order chi connectivity index (χ1) is 11.8. The number of rotatable bonds is 5. The Balaban J connectivity index is 1.81. The summed E-state index contributed by atoms with van der Waals surface area (Å²) in [5, 5.41) is 4.03. The molecular formula is C20H17N3O. The fourth-order valence-corrected chi connectivity index (χ4v) is 2.47. The molecule has 0 fully saturated rings. The van der Waals surface area contributed by atoms with Crippen molar-refractivity contribution >= 4 is 12.1 Å².